The molecule has 0 bridgehead atoms. The summed E-state index contributed by atoms with van der Waals surface area (Å²) in [6.45, 7) is 7.18. The van der Waals surface area contributed by atoms with E-state index in [1.807, 2.05) is 13.3 Å². The first-order chi connectivity index (χ1) is 9.01. The van der Waals surface area contributed by atoms with Crippen LogP contribution < -0.4 is 5.32 Å². The second-order valence-corrected chi connectivity index (χ2v) is 5.51. The van der Waals surface area contributed by atoms with E-state index in [0.29, 0.717) is 6.42 Å². The Morgan fingerprint density at radius 1 is 1.63 bits per heavy atom. The van der Waals surface area contributed by atoms with E-state index in [1.54, 1.807) is 0 Å². The smallest absolute Gasteiger partial charge is 0.321 e. The molecule has 1 aliphatic heterocycles. The quantitative estimate of drug-likeness (QED) is 0.853. The van der Waals surface area contributed by atoms with Crippen molar-refractivity contribution in [3.63, 3.8) is 0 Å². The molecule has 2 heterocycles. The van der Waals surface area contributed by atoms with E-state index >= 15 is 0 Å². The van der Waals surface area contributed by atoms with Gasteiger partial charge in [0.05, 0.1) is 17.6 Å². The van der Waals surface area contributed by atoms with Gasteiger partial charge in [0.25, 0.3) is 0 Å². The summed E-state index contributed by atoms with van der Waals surface area (Å²) in [5, 5.41) is 12.5. The number of carboxylic acids is 1. The third-order valence-corrected chi connectivity index (χ3v) is 4.12. The molecule has 2 unspecified atom stereocenters. The van der Waals surface area contributed by atoms with Crippen LogP contribution >= 0.6 is 0 Å². The van der Waals surface area contributed by atoms with Crippen LogP contribution in [-0.4, -0.2) is 26.7 Å². The molecule has 0 radical (unpaired) electrons. The highest BCUT2D eigenvalue weighted by Crippen LogP contribution is 2.32. The Morgan fingerprint density at radius 3 is 2.95 bits per heavy atom. The third-order valence-electron chi connectivity index (χ3n) is 4.12. The van der Waals surface area contributed by atoms with E-state index in [2.05, 4.69) is 28.7 Å². The van der Waals surface area contributed by atoms with Crippen molar-refractivity contribution in [2.75, 3.05) is 0 Å². The fourth-order valence-corrected chi connectivity index (χ4v) is 2.72. The van der Waals surface area contributed by atoms with Crippen LogP contribution in [0.4, 0.5) is 0 Å². The second kappa shape index (κ2) is 5.33. The van der Waals surface area contributed by atoms with Gasteiger partial charge in [0, 0.05) is 18.7 Å². The molecule has 1 aromatic rings. The molecule has 0 aromatic carbocycles. The van der Waals surface area contributed by atoms with E-state index in [0.717, 1.165) is 37.2 Å². The highest BCUT2D eigenvalue weighted by Gasteiger charge is 2.40. The van der Waals surface area contributed by atoms with Crippen molar-refractivity contribution in [2.24, 2.45) is 0 Å². The number of nitrogens with zero attached hydrogens (tertiary/aromatic N) is 2. The number of unbranched alkanes of at least 4 members (excludes halogenated alkanes) is 1. The first kappa shape index (κ1) is 14.1. The van der Waals surface area contributed by atoms with Gasteiger partial charge in [0.2, 0.25) is 0 Å². The summed E-state index contributed by atoms with van der Waals surface area (Å²) in [7, 11) is 0. The summed E-state index contributed by atoms with van der Waals surface area (Å²) in [6.07, 6.45) is 5.42. The zero-order chi connectivity index (χ0) is 14.0. The molecule has 1 aromatic heterocycles. The van der Waals surface area contributed by atoms with Crippen LogP contribution in [0.5, 0.6) is 0 Å². The van der Waals surface area contributed by atoms with Gasteiger partial charge >= 0.3 is 5.97 Å². The van der Waals surface area contributed by atoms with Gasteiger partial charge in [-0.05, 0) is 19.8 Å². The van der Waals surface area contributed by atoms with Crippen LogP contribution in [0.25, 0.3) is 0 Å². The van der Waals surface area contributed by atoms with Crippen LogP contribution in [0.2, 0.25) is 0 Å². The first-order valence-electron chi connectivity index (χ1n) is 7.06. The number of imidazole rings is 1. The molecule has 19 heavy (non-hydrogen) atoms. The summed E-state index contributed by atoms with van der Waals surface area (Å²) in [4.78, 5) is 15.9. The standard InChI is InChI=1S/C14H23N3O2/c1-4-6-7-17-9-15-12-11(17)8-10(13(18)19)16-14(12,3)5-2/h9-10,16H,4-8H2,1-3H3,(H,18,19). The normalized spacial score (nSPS) is 26.2. The topological polar surface area (TPSA) is 67.2 Å². The molecule has 0 aliphatic carbocycles. The van der Waals surface area contributed by atoms with Crippen molar-refractivity contribution in [1.29, 1.82) is 0 Å². The van der Waals surface area contributed by atoms with Crippen LogP contribution in [-0.2, 0) is 23.3 Å². The minimum Gasteiger partial charge on any atom is -0.480 e. The van der Waals surface area contributed by atoms with E-state index in [-0.39, 0.29) is 5.54 Å². The van der Waals surface area contributed by atoms with Crippen LogP contribution in [0, 0.1) is 0 Å². The summed E-state index contributed by atoms with van der Waals surface area (Å²) >= 11 is 0. The Balaban J connectivity index is 2.36. The number of hydrogen-bond acceptors (Lipinski definition) is 3. The number of aryl methyl sites for hydroxylation is 1. The van der Waals surface area contributed by atoms with Gasteiger partial charge in [-0.2, -0.15) is 0 Å². The van der Waals surface area contributed by atoms with E-state index < -0.39 is 12.0 Å². The molecule has 2 N–H and O–H groups in total. The highest BCUT2D eigenvalue weighted by atomic mass is 16.4. The van der Waals surface area contributed by atoms with Crippen molar-refractivity contribution < 1.29 is 9.90 Å². The number of carbonyl (C=O) groups is 1. The van der Waals surface area contributed by atoms with Crippen LogP contribution in [0.15, 0.2) is 6.33 Å². The molecule has 5 heteroatoms. The largest absolute Gasteiger partial charge is 0.480 e. The number of rotatable bonds is 5. The summed E-state index contributed by atoms with van der Waals surface area (Å²) in [6, 6.07) is -0.519. The SMILES string of the molecule is CCCCn1cnc2c1CC(C(=O)O)NC2(C)CC. The highest BCUT2D eigenvalue weighted by molar-refractivity contribution is 5.74. The fraction of sp³-hybridized carbons (Fsp3) is 0.714. The number of aliphatic carboxylic acids is 1. The minimum absolute atomic E-state index is 0.339. The van der Waals surface area contributed by atoms with Crippen molar-refractivity contribution in [2.45, 2.75) is 64.6 Å². The number of carboxylic acid groups (broad SMARTS) is 1. The van der Waals surface area contributed by atoms with Crippen LogP contribution in [0.3, 0.4) is 0 Å². The van der Waals surface area contributed by atoms with Crippen LogP contribution in [0.1, 0.15) is 51.4 Å². The van der Waals surface area contributed by atoms with E-state index in [1.165, 1.54) is 0 Å². The molecule has 2 atom stereocenters. The van der Waals surface area contributed by atoms with Gasteiger partial charge < -0.3 is 9.67 Å². The Labute approximate surface area is 114 Å². The Morgan fingerprint density at radius 2 is 2.37 bits per heavy atom. The Hall–Kier alpha value is -1.36. The number of fused-ring (bicyclic) bond motifs is 1. The molecule has 0 spiro atoms. The van der Waals surface area contributed by atoms with Gasteiger partial charge in [0.15, 0.2) is 0 Å². The van der Waals surface area contributed by atoms with Gasteiger partial charge in [-0.25, -0.2) is 4.98 Å². The number of hydrogen-bond donors (Lipinski definition) is 2. The summed E-state index contributed by atoms with van der Waals surface area (Å²) in [5.41, 5.74) is 1.77. The molecule has 0 saturated heterocycles. The molecule has 1 aliphatic rings. The number of aromatic nitrogens is 2. The summed E-state index contributed by atoms with van der Waals surface area (Å²) < 4.78 is 2.13. The molecule has 0 saturated carbocycles. The molecular weight excluding hydrogens is 242 g/mol. The number of nitrogens with one attached hydrogen (secondary N) is 1. The van der Waals surface area contributed by atoms with E-state index in [4.69, 9.17) is 0 Å². The van der Waals surface area contributed by atoms with Crippen molar-refractivity contribution in [1.82, 2.24) is 14.9 Å². The lowest BCUT2D eigenvalue weighted by atomic mass is 9.86. The third kappa shape index (κ3) is 2.52. The average Bonchev–Trinajstić information content (AvgIpc) is 2.80. The lowest BCUT2D eigenvalue weighted by Gasteiger charge is -2.37. The zero-order valence-corrected chi connectivity index (χ0v) is 11.9. The predicted molar refractivity (Wildman–Crippen MR) is 73.0 cm³/mol. The zero-order valence-electron chi connectivity index (χ0n) is 11.9. The molecule has 5 nitrogen and oxygen atoms in total. The maximum atomic E-state index is 11.3. The summed E-state index contributed by atoms with van der Waals surface area (Å²) in [5.74, 6) is -0.784. The van der Waals surface area contributed by atoms with Gasteiger partial charge in [-0.1, -0.05) is 20.3 Å². The molecule has 0 fully saturated rings. The second-order valence-electron chi connectivity index (χ2n) is 5.51. The van der Waals surface area contributed by atoms with Crippen molar-refractivity contribution in [3.05, 3.63) is 17.7 Å². The van der Waals surface area contributed by atoms with Crippen molar-refractivity contribution >= 4 is 5.97 Å². The monoisotopic (exact) mass is 265 g/mol. The molecule has 2 rings (SSSR count). The predicted octanol–water partition coefficient (Wildman–Crippen LogP) is 1.91. The van der Waals surface area contributed by atoms with Gasteiger partial charge in [-0.15, -0.1) is 0 Å². The van der Waals surface area contributed by atoms with Gasteiger partial charge in [0.1, 0.15) is 6.04 Å². The fourth-order valence-electron chi connectivity index (χ4n) is 2.72. The molecule has 106 valence electrons. The lowest BCUT2D eigenvalue weighted by Crippen LogP contribution is -2.54. The van der Waals surface area contributed by atoms with E-state index in [9.17, 15) is 9.90 Å². The maximum absolute atomic E-state index is 11.3. The first-order valence-corrected chi connectivity index (χ1v) is 7.06. The minimum atomic E-state index is -0.784. The Bertz CT molecular complexity index is 469. The molecular formula is C14H23N3O2. The lowest BCUT2D eigenvalue weighted by molar-refractivity contribution is -0.140. The van der Waals surface area contributed by atoms with Crippen molar-refractivity contribution in [3.8, 4) is 0 Å². The molecule has 0 amide bonds. The average molecular weight is 265 g/mol. The Kier molecular flexibility index (Phi) is 3.94. The van der Waals surface area contributed by atoms with Gasteiger partial charge in [-0.3, -0.25) is 10.1 Å². The maximum Gasteiger partial charge on any atom is 0.321 e.